The Morgan fingerprint density at radius 2 is 2.17 bits per heavy atom. The van der Waals surface area contributed by atoms with Gasteiger partial charge in [-0.15, -0.1) is 0 Å². The van der Waals surface area contributed by atoms with Gasteiger partial charge in [0.25, 0.3) is 5.91 Å². The topological polar surface area (TPSA) is 67.8 Å². The fourth-order valence-electron chi connectivity index (χ4n) is 1.41. The molecule has 1 aromatic carbocycles. The Labute approximate surface area is 109 Å². The van der Waals surface area contributed by atoms with Gasteiger partial charge in [0.1, 0.15) is 0 Å². The van der Waals surface area contributed by atoms with Gasteiger partial charge in [0.2, 0.25) is 0 Å². The summed E-state index contributed by atoms with van der Waals surface area (Å²) in [6.45, 7) is 1.96. The molecule has 0 bridgehead atoms. The molecule has 1 heterocycles. The van der Waals surface area contributed by atoms with E-state index < -0.39 is 11.2 Å². The van der Waals surface area contributed by atoms with Gasteiger partial charge in [0.15, 0.2) is 10.4 Å². The lowest BCUT2D eigenvalue weighted by atomic mass is 10.3. The van der Waals surface area contributed by atoms with E-state index in [1.807, 2.05) is 30.3 Å². The number of nitrogens with zero attached hydrogens (tertiary/aromatic N) is 1. The third-order valence-electron chi connectivity index (χ3n) is 2.19. The molecule has 1 saturated heterocycles. The largest absolute Gasteiger partial charge is 0.465 e. The van der Waals surface area contributed by atoms with Crippen molar-refractivity contribution in [2.75, 3.05) is 6.61 Å². The van der Waals surface area contributed by atoms with Crippen molar-refractivity contribution in [1.29, 1.82) is 0 Å². The molecule has 0 aromatic heterocycles. The number of amidine groups is 1. The van der Waals surface area contributed by atoms with Gasteiger partial charge in [0, 0.05) is 0 Å². The lowest BCUT2D eigenvalue weighted by molar-refractivity contribution is -0.144. The van der Waals surface area contributed by atoms with Crippen LogP contribution in [-0.2, 0) is 14.3 Å². The number of thioether (sulfide) groups is 1. The van der Waals surface area contributed by atoms with Crippen LogP contribution in [0.4, 0.5) is 5.69 Å². The van der Waals surface area contributed by atoms with Gasteiger partial charge in [-0.3, -0.25) is 9.59 Å². The number of rotatable bonds is 3. The summed E-state index contributed by atoms with van der Waals surface area (Å²) in [7, 11) is 0. The van der Waals surface area contributed by atoms with Gasteiger partial charge in [-0.25, -0.2) is 4.99 Å². The molecular weight excluding hydrogens is 252 g/mol. The Morgan fingerprint density at radius 3 is 2.83 bits per heavy atom. The minimum atomic E-state index is -0.854. The van der Waals surface area contributed by atoms with E-state index in [4.69, 9.17) is 4.74 Å². The Kier molecular flexibility index (Phi) is 3.99. The van der Waals surface area contributed by atoms with Gasteiger partial charge >= 0.3 is 5.97 Å². The standard InChI is InChI=1S/C12H12N2O3S/c1-2-17-11(16)9-10(15)14-12(18-9)13-8-6-4-3-5-7-8/h3-7,9H,2H2,1H3,(H,13,14,15)/t9-/m1/s1. The van der Waals surface area contributed by atoms with Crippen molar-refractivity contribution in [3.05, 3.63) is 30.3 Å². The fourth-order valence-corrected chi connectivity index (χ4v) is 2.28. The Bertz CT molecular complexity index is 487. The van der Waals surface area contributed by atoms with Crippen LogP contribution in [0.3, 0.4) is 0 Å². The monoisotopic (exact) mass is 264 g/mol. The van der Waals surface area contributed by atoms with Crippen LogP contribution in [-0.4, -0.2) is 28.9 Å². The van der Waals surface area contributed by atoms with Crippen molar-refractivity contribution in [3.8, 4) is 0 Å². The van der Waals surface area contributed by atoms with E-state index in [0.717, 1.165) is 17.4 Å². The normalized spacial score (nSPS) is 20.8. The molecule has 1 amide bonds. The predicted octanol–water partition coefficient (Wildman–Crippen LogP) is 1.47. The minimum Gasteiger partial charge on any atom is -0.465 e. The van der Waals surface area contributed by atoms with Crippen LogP contribution in [0.2, 0.25) is 0 Å². The van der Waals surface area contributed by atoms with E-state index in [1.165, 1.54) is 0 Å². The van der Waals surface area contributed by atoms with Crippen molar-refractivity contribution in [3.63, 3.8) is 0 Å². The molecule has 5 nitrogen and oxygen atoms in total. The molecule has 0 unspecified atom stereocenters. The van der Waals surface area contributed by atoms with Crippen molar-refractivity contribution in [2.45, 2.75) is 12.2 Å². The van der Waals surface area contributed by atoms with E-state index in [-0.39, 0.29) is 12.5 Å². The summed E-state index contributed by atoms with van der Waals surface area (Å²) in [4.78, 5) is 27.3. The van der Waals surface area contributed by atoms with Crippen LogP contribution >= 0.6 is 11.8 Å². The highest BCUT2D eigenvalue weighted by atomic mass is 32.2. The highest BCUT2D eigenvalue weighted by Gasteiger charge is 2.37. The van der Waals surface area contributed by atoms with E-state index >= 15 is 0 Å². The van der Waals surface area contributed by atoms with E-state index in [2.05, 4.69) is 10.3 Å². The van der Waals surface area contributed by atoms with E-state index in [1.54, 1.807) is 6.92 Å². The quantitative estimate of drug-likeness (QED) is 0.663. The number of amides is 1. The number of hydrogen-bond donors (Lipinski definition) is 1. The number of nitrogens with one attached hydrogen (secondary N) is 1. The molecule has 0 aliphatic carbocycles. The summed E-state index contributed by atoms with van der Waals surface area (Å²) < 4.78 is 4.82. The summed E-state index contributed by atoms with van der Waals surface area (Å²) in [5.74, 6) is -0.911. The van der Waals surface area contributed by atoms with Crippen LogP contribution < -0.4 is 5.32 Å². The first-order chi connectivity index (χ1) is 8.70. The molecule has 1 aromatic rings. The van der Waals surface area contributed by atoms with Crippen LogP contribution in [0.5, 0.6) is 0 Å². The lowest BCUT2D eigenvalue weighted by Crippen LogP contribution is -2.31. The summed E-state index contributed by atoms with van der Waals surface area (Å²) >= 11 is 1.08. The second kappa shape index (κ2) is 5.68. The Hall–Kier alpha value is -1.82. The number of carbonyl (C=O) groups excluding carboxylic acids is 2. The summed E-state index contributed by atoms with van der Waals surface area (Å²) in [5.41, 5.74) is 0.727. The molecule has 1 aliphatic heterocycles. The number of para-hydroxylation sites is 1. The van der Waals surface area contributed by atoms with Crippen molar-refractivity contribution < 1.29 is 14.3 Å². The molecule has 1 atom stereocenters. The first-order valence-electron chi connectivity index (χ1n) is 5.48. The van der Waals surface area contributed by atoms with Crippen molar-refractivity contribution in [1.82, 2.24) is 5.32 Å². The SMILES string of the molecule is CCOC(=O)[C@@H]1SC(=Nc2ccccc2)NC1=O. The summed E-state index contributed by atoms with van der Waals surface area (Å²) in [5, 5.41) is 2.13. The van der Waals surface area contributed by atoms with E-state index in [9.17, 15) is 9.59 Å². The van der Waals surface area contributed by atoms with Crippen molar-refractivity contribution in [2.24, 2.45) is 4.99 Å². The molecular formula is C12H12N2O3S. The number of carbonyl (C=O) groups is 2. The Morgan fingerprint density at radius 1 is 1.44 bits per heavy atom. The van der Waals surface area contributed by atoms with Crippen LogP contribution in [0.1, 0.15) is 6.92 Å². The minimum absolute atomic E-state index is 0.258. The predicted molar refractivity (Wildman–Crippen MR) is 69.7 cm³/mol. The molecule has 0 saturated carbocycles. The highest BCUT2D eigenvalue weighted by molar-refractivity contribution is 8.16. The molecule has 1 N–H and O–H groups in total. The number of benzene rings is 1. The third kappa shape index (κ3) is 2.89. The van der Waals surface area contributed by atoms with Crippen LogP contribution in [0, 0.1) is 0 Å². The van der Waals surface area contributed by atoms with Gasteiger partial charge < -0.3 is 10.1 Å². The number of esters is 1. The van der Waals surface area contributed by atoms with Gasteiger partial charge in [-0.1, -0.05) is 30.0 Å². The first-order valence-corrected chi connectivity index (χ1v) is 6.36. The fraction of sp³-hybridized carbons (Fsp3) is 0.250. The number of ether oxygens (including phenoxy) is 1. The maximum Gasteiger partial charge on any atom is 0.329 e. The van der Waals surface area contributed by atoms with E-state index in [0.29, 0.717) is 5.17 Å². The second-order valence-electron chi connectivity index (χ2n) is 3.49. The molecule has 0 spiro atoms. The average Bonchev–Trinajstić information content (AvgIpc) is 2.72. The van der Waals surface area contributed by atoms with Crippen LogP contribution in [0.15, 0.2) is 35.3 Å². The second-order valence-corrected chi connectivity index (χ2v) is 4.59. The molecule has 1 aliphatic rings. The third-order valence-corrected chi connectivity index (χ3v) is 3.24. The maximum absolute atomic E-state index is 11.6. The molecule has 1 fully saturated rings. The van der Waals surface area contributed by atoms with Gasteiger partial charge in [0.05, 0.1) is 12.3 Å². The first kappa shape index (κ1) is 12.6. The van der Waals surface area contributed by atoms with Gasteiger partial charge in [-0.2, -0.15) is 0 Å². The summed E-state index contributed by atoms with van der Waals surface area (Å²) in [6.07, 6.45) is 0. The van der Waals surface area contributed by atoms with Crippen LogP contribution in [0.25, 0.3) is 0 Å². The zero-order valence-corrected chi connectivity index (χ0v) is 10.6. The van der Waals surface area contributed by atoms with Crippen molar-refractivity contribution >= 4 is 34.5 Å². The molecule has 18 heavy (non-hydrogen) atoms. The zero-order valence-electron chi connectivity index (χ0n) is 9.75. The Balaban J connectivity index is 2.09. The molecule has 2 rings (SSSR count). The number of hydrogen-bond acceptors (Lipinski definition) is 5. The van der Waals surface area contributed by atoms with Gasteiger partial charge in [-0.05, 0) is 19.1 Å². The smallest absolute Gasteiger partial charge is 0.329 e. The molecule has 0 radical (unpaired) electrons. The highest BCUT2D eigenvalue weighted by Crippen LogP contribution is 2.23. The average molecular weight is 264 g/mol. The lowest BCUT2D eigenvalue weighted by Gasteiger charge is -2.03. The molecule has 6 heteroatoms. The maximum atomic E-state index is 11.6. The zero-order chi connectivity index (χ0) is 13.0. The number of aliphatic imine (C=N–C) groups is 1. The molecule has 94 valence electrons. The summed E-state index contributed by atoms with van der Waals surface area (Å²) in [6, 6.07) is 9.22.